The van der Waals surface area contributed by atoms with Crippen molar-refractivity contribution in [3.8, 4) is 0 Å². The standard InChI is InChI=1S/C14H21N3O3/c1-17-8-2-3-12(13(17)19)16-14(20)15-11-6-4-10(9-18)5-7-11/h2-3,8,10-11,18H,4-7,9H2,1H3,(H2,15,16,20). The number of aliphatic hydroxyl groups is 1. The molecule has 0 radical (unpaired) electrons. The Kier molecular flexibility index (Phi) is 4.79. The second kappa shape index (κ2) is 6.56. The van der Waals surface area contributed by atoms with Crippen molar-refractivity contribution >= 4 is 11.7 Å². The topological polar surface area (TPSA) is 83.4 Å². The number of aromatic nitrogens is 1. The monoisotopic (exact) mass is 279 g/mol. The molecule has 110 valence electrons. The van der Waals surface area contributed by atoms with Crippen LogP contribution >= 0.6 is 0 Å². The van der Waals surface area contributed by atoms with Crippen LogP contribution in [0.4, 0.5) is 10.5 Å². The molecular formula is C14H21N3O3. The molecular weight excluding hydrogens is 258 g/mol. The number of aryl methyl sites for hydroxylation is 1. The highest BCUT2D eigenvalue weighted by molar-refractivity contribution is 5.89. The summed E-state index contributed by atoms with van der Waals surface area (Å²) in [7, 11) is 1.64. The van der Waals surface area contributed by atoms with Gasteiger partial charge in [0.25, 0.3) is 5.56 Å². The van der Waals surface area contributed by atoms with E-state index in [2.05, 4.69) is 10.6 Å². The van der Waals surface area contributed by atoms with Crippen LogP contribution in [0.2, 0.25) is 0 Å². The van der Waals surface area contributed by atoms with Crippen molar-refractivity contribution in [3.63, 3.8) is 0 Å². The van der Waals surface area contributed by atoms with E-state index in [0.29, 0.717) is 5.92 Å². The first-order valence-corrected chi connectivity index (χ1v) is 6.94. The minimum Gasteiger partial charge on any atom is -0.396 e. The van der Waals surface area contributed by atoms with Crippen LogP contribution in [0.1, 0.15) is 25.7 Å². The van der Waals surface area contributed by atoms with Crippen LogP contribution in [0.5, 0.6) is 0 Å². The number of carbonyl (C=O) groups excluding carboxylic acids is 1. The summed E-state index contributed by atoms with van der Waals surface area (Å²) in [4.78, 5) is 23.6. The highest BCUT2D eigenvalue weighted by atomic mass is 16.3. The molecule has 0 aliphatic heterocycles. The van der Waals surface area contributed by atoms with Gasteiger partial charge in [-0.2, -0.15) is 0 Å². The van der Waals surface area contributed by atoms with Crippen LogP contribution in [0, 0.1) is 5.92 Å². The minimum absolute atomic E-state index is 0.116. The number of hydrogen-bond acceptors (Lipinski definition) is 3. The molecule has 1 saturated carbocycles. The largest absolute Gasteiger partial charge is 0.396 e. The quantitative estimate of drug-likeness (QED) is 0.773. The maximum Gasteiger partial charge on any atom is 0.319 e. The molecule has 1 aromatic rings. The van der Waals surface area contributed by atoms with Crippen molar-refractivity contribution in [2.45, 2.75) is 31.7 Å². The Bertz CT molecular complexity index is 519. The number of urea groups is 1. The maximum atomic E-state index is 11.9. The third-order valence-electron chi connectivity index (χ3n) is 3.81. The molecule has 1 aliphatic carbocycles. The third-order valence-corrected chi connectivity index (χ3v) is 3.81. The predicted molar refractivity (Wildman–Crippen MR) is 76.7 cm³/mol. The van der Waals surface area contributed by atoms with Gasteiger partial charge in [-0.1, -0.05) is 0 Å². The first-order valence-electron chi connectivity index (χ1n) is 6.94. The Labute approximate surface area is 117 Å². The summed E-state index contributed by atoms with van der Waals surface area (Å²) in [5.74, 6) is 0.359. The number of nitrogens with zero attached hydrogens (tertiary/aromatic N) is 1. The molecule has 3 N–H and O–H groups in total. The number of hydrogen-bond donors (Lipinski definition) is 3. The molecule has 0 atom stereocenters. The van der Waals surface area contributed by atoms with E-state index in [1.165, 1.54) is 4.57 Å². The average molecular weight is 279 g/mol. The van der Waals surface area contributed by atoms with E-state index in [4.69, 9.17) is 5.11 Å². The molecule has 1 fully saturated rings. The summed E-state index contributed by atoms with van der Waals surface area (Å²) in [5.41, 5.74) is 0.0446. The van der Waals surface area contributed by atoms with Gasteiger partial charge in [0, 0.05) is 25.9 Å². The Morgan fingerprint density at radius 3 is 2.75 bits per heavy atom. The number of carbonyl (C=O) groups is 1. The molecule has 0 bridgehead atoms. The SMILES string of the molecule is Cn1cccc(NC(=O)NC2CCC(CO)CC2)c1=O. The van der Waals surface area contributed by atoms with Crippen molar-refractivity contribution in [3.05, 3.63) is 28.7 Å². The lowest BCUT2D eigenvalue weighted by molar-refractivity contribution is 0.176. The summed E-state index contributed by atoms with van der Waals surface area (Å²) >= 11 is 0. The van der Waals surface area contributed by atoms with Crippen molar-refractivity contribution < 1.29 is 9.90 Å². The molecule has 0 unspecified atom stereocenters. The van der Waals surface area contributed by atoms with Crippen LogP contribution in [-0.4, -0.2) is 28.4 Å². The van der Waals surface area contributed by atoms with Gasteiger partial charge in [-0.25, -0.2) is 4.79 Å². The first-order chi connectivity index (χ1) is 9.60. The second-order valence-corrected chi connectivity index (χ2v) is 5.34. The Balaban J connectivity index is 1.87. The van der Waals surface area contributed by atoms with Gasteiger partial charge >= 0.3 is 6.03 Å². The molecule has 6 heteroatoms. The molecule has 2 amide bonds. The van der Waals surface area contributed by atoms with Gasteiger partial charge in [-0.3, -0.25) is 4.79 Å². The fourth-order valence-electron chi connectivity index (χ4n) is 2.53. The number of pyridine rings is 1. The van der Waals surface area contributed by atoms with E-state index in [9.17, 15) is 9.59 Å². The molecule has 0 aromatic carbocycles. The van der Waals surface area contributed by atoms with Crippen LogP contribution in [0.25, 0.3) is 0 Å². The smallest absolute Gasteiger partial charge is 0.319 e. The summed E-state index contributed by atoms with van der Waals surface area (Å²) in [5, 5.41) is 14.5. The van der Waals surface area contributed by atoms with E-state index in [1.54, 1.807) is 25.4 Å². The van der Waals surface area contributed by atoms with Gasteiger partial charge < -0.3 is 20.3 Å². The van der Waals surface area contributed by atoms with E-state index in [1.807, 2.05) is 0 Å². The zero-order valence-electron chi connectivity index (χ0n) is 11.6. The summed E-state index contributed by atoms with van der Waals surface area (Å²) in [6, 6.07) is 3.07. The van der Waals surface area contributed by atoms with Gasteiger partial charge in [0.05, 0.1) is 0 Å². The molecule has 2 rings (SSSR count). The number of anilines is 1. The van der Waals surface area contributed by atoms with Gasteiger partial charge in [-0.15, -0.1) is 0 Å². The van der Waals surface area contributed by atoms with Crippen LogP contribution in [0.15, 0.2) is 23.1 Å². The van der Waals surface area contributed by atoms with Crippen LogP contribution in [-0.2, 0) is 7.05 Å². The van der Waals surface area contributed by atoms with Crippen LogP contribution in [0.3, 0.4) is 0 Å². The summed E-state index contributed by atoms with van der Waals surface area (Å²) < 4.78 is 1.42. The lowest BCUT2D eigenvalue weighted by atomic mass is 9.87. The van der Waals surface area contributed by atoms with Crippen molar-refractivity contribution in [1.29, 1.82) is 0 Å². The maximum absolute atomic E-state index is 11.9. The highest BCUT2D eigenvalue weighted by Gasteiger charge is 2.22. The Morgan fingerprint density at radius 1 is 1.40 bits per heavy atom. The van der Waals surface area contributed by atoms with E-state index >= 15 is 0 Å². The van der Waals surface area contributed by atoms with E-state index in [-0.39, 0.29) is 29.9 Å². The Morgan fingerprint density at radius 2 is 2.10 bits per heavy atom. The van der Waals surface area contributed by atoms with E-state index in [0.717, 1.165) is 25.7 Å². The van der Waals surface area contributed by atoms with Crippen molar-refractivity contribution in [1.82, 2.24) is 9.88 Å². The first kappa shape index (κ1) is 14.6. The van der Waals surface area contributed by atoms with Crippen molar-refractivity contribution in [2.24, 2.45) is 13.0 Å². The zero-order valence-corrected chi connectivity index (χ0v) is 11.6. The highest BCUT2D eigenvalue weighted by Crippen LogP contribution is 2.23. The normalized spacial score (nSPS) is 22.3. The number of aliphatic hydroxyl groups excluding tert-OH is 1. The van der Waals surface area contributed by atoms with Gasteiger partial charge in [0.1, 0.15) is 5.69 Å². The lowest BCUT2D eigenvalue weighted by Crippen LogP contribution is -2.41. The van der Waals surface area contributed by atoms with Gasteiger partial charge in [0.2, 0.25) is 0 Å². The molecule has 1 heterocycles. The van der Waals surface area contributed by atoms with E-state index < -0.39 is 0 Å². The number of rotatable bonds is 3. The third kappa shape index (κ3) is 3.60. The minimum atomic E-state index is -0.347. The number of amides is 2. The second-order valence-electron chi connectivity index (χ2n) is 5.34. The lowest BCUT2D eigenvalue weighted by Gasteiger charge is -2.27. The molecule has 20 heavy (non-hydrogen) atoms. The molecule has 0 spiro atoms. The van der Waals surface area contributed by atoms with Crippen molar-refractivity contribution in [2.75, 3.05) is 11.9 Å². The van der Waals surface area contributed by atoms with Gasteiger partial charge in [-0.05, 0) is 43.7 Å². The van der Waals surface area contributed by atoms with Gasteiger partial charge in [0.15, 0.2) is 0 Å². The molecule has 0 saturated heterocycles. The zero-order chi connectivity index (χ0) is 14.5. The fraction of sp³-hybridized carbons (Fsp3) is 0.571. The molecule has 1 aliphatic rings. The summed E-state index contributed by atoms with van der Waals surface area (Å²) in [6.45, 7) is 0.221. The fourth-order valence-corrected chi connectivity index (χ4v) is 2.53. The number of nitrogens with one attached hydrogen (secondary N) is 2. The molecule has 6 nitrogen and oxygen atoms in total. The summed E-state index contributed by atoms with van der Waals surface area (Å²) in [6.07, 6.45) is 5.22. The average Bonchev–Trinajstić information content (AvgIpc) is 2.45. The molecule has 1 aromatic heterocycles. The Hall–Kier alpha value is -1.82. The predicted octanol–water partition coefficient (Wildman–Crippen LogP) is 1.06. The van der Waals surface area contributed by atoms with Crippen LogP contribution < -0.4 is 16.2 Å².